The zero-order valence-corrected chi connectivity index (χ0v) is 24.6. The Labute approximate surface area is 261 Å². The van der Waals surface area contributed by atoms with Gasteiger partial charge in [-0.05, 0) is 78.7 Å². The number of benzene rings is 8. The molecule has 0 spiro atoms. The molecular formula is C44H28O. The van der Waals surface area contributed by atoms with Crippen molar-refractivity contribution in [3.63, 3.8) is 0 Å². The maximum absolute atomic E-state index is 6.41. The molecule has 0 bridgehead atoms. The van der Waals surface area contributed by atoms with Gasteiger partial charge in [-0.3, -0.25) is 0 Å². The zero-order chi connectivity index (χ0) is 29.7. The summed E-state index contributed by atoms with van der Waals surface area (Å²) in [6, 6.07) is 60.9. The Kier molecular flexibility index (Phi) is 5.89. The summed E-state index contributed by atoms with van der Waals surface area (Å²) in [5.41, 5.74) is 11.6. The molecule has 0 amide bonds. The first-order chi connectivity index (χ1) is 22.4. The van der Waals surface area contributed by atoms with E-state index in [1.807, 2.05) is 6.07 Å². The van der Waals surface area contributed by atoms with E-state index in [4.69, 9.17) is 4.42 Å². The van der Waals surface area contributed by atoms with Crippen LogP contribution in [0, 0.1) is 0 Å². The fourth-order valence-electron chi connectivity index (χ4n) is 7.21. The summed E-state index contributed by atoms with van der Waals surface area (Å²) < 4.78 is 6.41. The second kappa shape index (κ2) is 10.4. The van der Waals surface area contributed by atoms with Crippen LogP contribution in [0.4, 0.5) is 0 Å². The first-order valence-electron chi connectivity index (χ1n) is 15.4. The molecule has 9 rings (SSSR count). The normalized spacial score (nSPS) is 11.6. The van der Waals surface area contributed by atoms with Crippen molar-refractivity contribution in [2.24, 2.45) is 0 Å². The molecule has 0 unspecified atom stereocenters. The summed E-state index contributed by atoms with van der Waals surface area (Å²) in [4.78, 5) is 0. The summed E-state index contributed by atoms with van der Waals surface area (Å²) in [5, 5.41) is 7.24. The SMILES string of the molecule is c1ccc(-c2ccccc2-c2c3ccccc3c(-c3ccc4oc5ccccc5c4c3-c3ccccc3)c3ccccc23)cc1. The molecule has 8 aromatic carbocycles. The molecular weight excluding hydrogens is 544 g/mol. The molecule has 1 heterocycles. The molecule has 0 fully saturated rings. The highest BCUT2D eigenvalue weighted by molar-refractivity contribution is 6.25. The molecule has 1 nitrogen and oxygen atoms in total. The Morgan fingerprint density at radius 3 is 1.36 bits per heavy atom. The Balaban J connectivity index is 1.45. The van der Waals surface area contributed by atoms with Gasteiger partial charge in [0.15, 0.2) is 0 Å². The van der Waals surface area contributed by atoms with E-state index >= 15 is 0 Å². The summed E-state index contributed by atoms with van der Waals surface area (Å²) in [5.74, 6) is 0. The van der Waals surface area contributed by atoms with Gasteiger partial charge < -0.3 is 4.42 Å². The van der Waals surface area contributed by atoms with Gasteiger partial charge >= 0.3 is 0 Å². The van der Waals surface area contributed by atoms with E-state index < -0.39 is 0 Å². The van der Waals surface area contributed by atoms with Crippen LogP contribution in [-0.2, 0) is 0 Å². The first-order valence-corrected chi connectivity index (χ1v) is 15.4. The molecule has 0 aliphatic carbocycles. The minimum absolute atomic E-state index is 0.904. The lowest BCUT2D eigenvalue weighted by Gasteiger charge is -2.21. The van der Waals surface area contributed by atoms with E-state index in [0.717, 1.165) is 21.9 Å². The van der Waals surface area contributed by atoms with Crippen molar-refractivity contribution >= 4 is 43.5 Å². The van der Waals surface area contributed by atoms with Gasteiger partial charge in [0.25, 0.3) is 0 Å². The van der Waals surface area contributed by atoms with Crippen LogP contribution in [0.3, 0.4) is 0 Å². The summed E-state index contributed by atoms with van der Waals surface area (Å²) in [6.07, 6.45) is 0. The standard InChI is InChI=1S/C44H28O/c1-3-15-29(16-4-1)31-19-7-8-20-32(31)42-33-21-9-11-23-35(33)43(36-24-12-10-22-34(36)42)38-27-28-40-44(37-25-13-14-26-39(37)45-40)41(38)30-17-5-2-6-18-30/h1-28H. The Morgan fingerprint density at radius 2 is 0.733 bits per heavy atom. The van der Waals surface area contributed by atoms with Gasteiger partial charge in [-0.25, -0.2) is 0 Å². The van der Waals surface area contributed by atoms with Gasteiger partial charge in [-0.15, -0.1) is 0 Å². The topological polar surface area (TPSA) is 13.1 Å². The van der Waals surface area contributed by atoms with Gasteiger partial charge in [0.05, 0.1) is 0 Å². The van der Waals surface area contributed by atoms with Crippen LogP contribution in [-0.4, -0.2) is 0 Å². The number of furan rings is 1. The highest BCUT2D eigenvalue weighted by Gasteiger charge is 2.23. The maximum Gasteiger partial charge on any atom is 0.136 e. The first kappa shape index (κ1) is 25.6. The van der Waals surface area contributed by atoms with Crippen molar-refractivity contribution in [2.45, 2.75) is 0 Å². The minimum atomic E-state index is 0.904. The largest absolute Gasteiger partial charge is 0.456 e. The van der Waals surface area contributed by atoms with Crippen molar-refractivity contribution in [3.05, 3.63) is 170 Å². The second-order valence-electron chi connectivity index (χ2n) is 11.6. The number of hydrogen-bond donors (Lipinski definition) is 0. The average Bonchev–Trinajstić information content (AvgIpc) is 3.50. The quantitative estimate of drug-likeness (QED) is 0.191. The monoisotopic (exact) mass is 572 g/mol. The minimum Gasteiger partial charge on any atom is -0.456 e. The highest BCUT2D eigenvalue weighted by Crippen LogP contribution is 2.50. The van der Waals surface area contributed by atoms with Crippen LogP contribution in [0.1, 0.15) is 0 Å². The lowest BCUT2D eigenvalue weighted by atomic mass is 9.81. The zero-order valence-electron chi connectivity index (χ0n) is 24.6. The molecule has 9 aromatic rings. The fraction of sp³-hybridized carbons (Fsp3) is 0. The lowest BCUT2D eigenvalue weighted by Crippen LogP contribution is -1.94. The second-order valence-corrected chi connectivity index (χ2v) is 11.6. The van der Waals surface area contributed by atoms with E-state index in [2.05, 4.69) is 164 Å². The molecule has 0 aliphatic rings. The van der Waals surface area contributed by atoms with E-state index in [0.29, 0.717) is 0 Å². The highest BCUT2D eigenvalue weighted by atomic mass is 16.3. The number of para-hydroxylation sites is 1. The van der Waals surface area contributed by atoms with Crippen LogP contribution < -0.4 is 0 Å². The molecule has 0 radical (unpaired) electrons. The van der Waals surface area contributed by atoms with Crippen LogP contribution in [0.5, 0.6) is 0 Å². The predicted molar refractivity (Wildman–Crippen MR) is 190 cm³/mol. The van der Waals surface area contributed by atoms with Crippen molar-refractivity contribution < 1.29 is 4.42 Å². The third-order valence-electron chi connectivity index (χ3n) is 9.09. The lowest BCUT2D eigenvalue weighted by molar-refractivity contribution is 0.669. The molecule has 45 heavy (non-hydrogen) atoms. The third kappa shape index (κ3) is 4.02. The van der Waals surface area contributed by atoms with Crippen molar-refractivity contribution in [3.8, 4) is 44.5 Å². The fourth-order valence-corrected chi connectivity index (χ4v) is 7.21. The molecule has 0 saturated heterocycles. The maximum atomic E-state index is 6.41. The molecule has 1 aromatic heterocycles. The summed E-state index contributed by atoms with van der Waals surface area (Å²) in [7, 11) is 0. The number of rotatable bonds is 4. The van der Waals surface area contributed by atoms with Gasteiger partial charge in [0.1, 0.15) is 11.2 Å². The van der Waals surface area contributed by atoms with Crippen LogP contribution >= 0.6 is 0 Å². The molecule has 0 saturated carbocycles. The summed E-state index contributed by atoms with van der Waals surface area (Å²) in [6.45, 7) is 0. The third-order valence-corrected chi connectivity index (χ3v) is 9.09. The van der Waals surface area contributed by atoms with E-state index in [-0.39, 0.29) is 0 Å². The molecule has 0 aliphatic heterocycles. The number of hydrogen-bond acceptors (Lipinski definition) is 1. The van der Waals surface area contributed by atoms with Crippen molar-refractivity contribution in [1.82, 2.24) is 0 Å². The Hall–Kier alpha value is -5.92. The van der Waals surface area contributed by atoms with E-state index in [1.165, 1.54) is 66.1 Å². The predicted octanol–water partition coefficient (Wildman–Crippen LogP) is 12.6. The van der Waals surface area contributed by atoms with Crippen LogP contribution in [0.15, 0.2) is 174 Å². The van der Waals surface area contributed by atoms with Gasteiger partial charge in [0, 0.05) is 16.3 Å². The summed E-state index contributed by atoms with van der Waals surface area (Å²) >= 11 is 0. The Bertz CT molecular complexity index is 2460. The van der Waals surface area contributed by atoms with Crippen LogP contribution in [0.25, 0.3) is 88.0 Å². The van der Waals surface area contributed by atoms with Crippen molar-refractivity contribution in [1.29, 1.82) is 0 Å². The van der Waals surface area contributed by atoms with Crippen LogP contribution in [0.2, 0.25) is 0 Å². The molecule has 0 N–H and O–H groups in total. The average molecular weight is 573 g/mol. The molecule has 0 atom stereocenters. The van der Waals surface area contributed by atoms with Gasteiger partial charge in [0.2, 0.25) is 0 Å². The van der Waals surface area contributed by atoms with E-state index in [9.17, 15) is 0 Å². The Morgan fingerprint density at radius 1 is 0.267 bits per heavy atom. The smallest absolute Gasteiger partial charge is 0.136 e. The van der Waals surface area contributed by atoms with E-state index in [1.54, 1.807) is 0 Å². The van der Waals surface area contributed by atoms with Gasteiger partial charge in [-0.1, -0.05) is 152 Å². The number of fused-ring (bicyclic) bond motifs is 5. The molecule has 210 valence electrons. The molecule has 1 heteroatoms. The van der Waals surface area contributed by atoms with Crippen molar-refractivity contribution in [2.75, 3.05) is 0 Å². The van der Waals surface area contributed by atoms with Gasteiger partial charge in [-0.2, -0.15) is 0 Å².